The molecule has 2 heterocycles. The molecule has 0 fully saturated rings. The lowest BCUT2D eigenvalue weighted by Crippen LogP contribution is -2.24. The second kappa shape index (κ2) is 4.18. The molecule has 0 amide bonds. The van der Waals surface area contributed by atoms with Gasteiger partial charge in [-0.2, -0.15) is 8.42 Å². The van der Waals surface area contributed by atoms with Crippen molar-refractivity contribution in [3.05, 3.63) is 36.4 Å². The molecule has 2 aliphatic rings. The molecule has 0 N–H and O–H groups in total. The highest BCUT2D eigenvalue weighted by Crippen LogP contribution is 2.20. The van der Waals surface area contributed by atoms with Crippen molar-refractivity contribution in [2.24, 2.45) is 0 Å². The number of fused-ring (bicyclic) bond motifs is 1. The van der Waals surface area contributed by atoms with Crippen LogP contribution in [0.25, 0.3) is 0 Å². The van der Waals surface area contributed by atoms with Crippen molar-refractivity contribution in [2.75, 3.05) is 19.5 Å². The molecule has 0 saturated heterocycles. The van der Waals surface area contributed by atoms with Crippen molar-refractivity contribution in [2.45, 2.75) is 0 Å². The van der Waals surface area contributed by atoms with Crippen LogP contribution in [0, 0.1) is 0 Å². The first-order valence-corrected chi connectivity index (χ1v) is 6.34. The SMILES string of the molecule is CS(=O)(=O)OCC1=CN2C=COC=C2CO1. The molecule has 0 aromatic rings. The quantitative estimate of drug-likeness (QED) is 0.674. The Morgan fingerprint density at radius 2 is 2.38 bits per heavy atom. The number of rotatable bonds is 3. The van der Waals surface area contributed by atoms with Crippen LogP contribution in [0.3, 0.4) is 0 Å². The fourth-order valence-electron chi connectivity index (χ4n) is 1.21. The van der Waals surface area contributed by atoms with E-state index >= 15 is 0 Å². The third-order valence-electron chi connectivity index (χ3n) is 1.94. The summed E-state index contributed by atoms with van der Waals surface area (Å²) in [7, 11) is -3.45. The Labute approximate surface area is 93.5 Å². The van der Waals surface area contributed by atoms with Crippen LogP contribution in [-0.4, -0.2) is 32.8 Å². The Bertz CT molecular complexity index is 462. The van der Waals surface area contributed by atoms with Gasteiger partial charge in [0.05, 0.1) is 12.0 Å². The van der Waals surface area contributed by atoms with Gasteiger partial charge in [0.2, 0.25) is 0 Å². The van der Waals surface area contributed by atoms with E-state index < -0.39 is 10.1 Å². The number of hydrogen-bond acceptors (Lipinski definition) is 6. The molecule has 0 spiro atoms. The van der Waals surface area contributed by atoms with Gasteiger partial charge in [-0.1, -0.05) is 0 Å². The molecular formula is C9H11NO5S. The monoisotopic (exact) mass is 245 g/mol. The summed E-state index contributed by atoms with van der Waals surface area (Å²) in [6.07, 6.45) is 7.43. The summed E-state index contributed by atoms with van der Waals surface area (Å²) in [6.45, 7) is 0.223. The molecule has 88 valence electrons. The average molecular weight is 245 g/mol. The van der Waals surface area contributed by atoms with Crippen LogP contribution in [0.1, 0.15) is 0 Å². The lowest BCUT2D eigenvalue weighted by molar-refractivity contribution is 0.149. The third kappa shape index (κ3) is 2.77. The Morgan fingerprint density at radius 3 is 3.12 bits per heavy atom. The van der Waals surface area contributed by atoms with Crippen molar-refractivity contribution >= 4 is 10.1 Å². The minimum Gasteiger partial charge on any atom is -0.488 e. The fourth-order valence-corrected chi connectivity index (χ4v) is 1.54. The van der Waals surface area contributed by atoms with E-state index in [9.17, 15) is 8.42 Å². The van der Waals surface area contributed by atoms with Gasteiger partial charge in [-0.25, -0.2) is 0 Å². The van der Waals surface area contributed by atoms with E-state index in [1.807, 2.05) is 0 Å². The van der Waals surface area contributed by atoms with Crippen LogP contribution in [0.2, 0.25) is 0 Å². The van der Waals surface area contributed by atoms with E-state index in [1.54, 1.807) is 23.6 Å². The van der Waals surface area contributed by atoms with Crippen molar-refractivity contribution in [1.82, 2.24) is 4.90 Å². The largest absolute Gasteiger partial charge is 0.488 e. The van der Waals surface area contributed by atoms with E-state index in [0.29, 0.717) is 12.4 Å². The van der Waals surface area contributed by atoms with Crippen molar-refractivity contribution in [3.63, 3.8) is 0 Å². The highest BCUT2D eigenvalue weighted by molar-refractivity contribution is 7.85. The molecule has 0 aromatic heterocycles. The lowest BCUT2D eigenvalue weighted by atomic mass is 10.3. The zero-order valence-corrected chi connectivity index (χ0v) is 9.44. The maximum atomic E-state index is 10.8. The summed E-state index contributed by atoms with van der Waals surface area (Å²) < 4.78 is 36.5. The first-order valence-electron chi connectivity index (χ1n) is 4.52. The van der Waals surface area contributed by atoms with E-state index in [0.717, 1.165) is 12.0 Å². The molecule has 6 nitrogen and oxygen atoms in total. The first-order chi connectivity index (χ1) is 7.54. The molecule has 7 heteroatoms. The molecule has 0 aliphatic carbocycles. The predicted molar refractivity (Wildman–Crippen MR) is 55.0 cm³/mol. The molecule has 0 aromatic carbocycles. The summed E-state index contributed by atoms with van der Waals surface area (Å²) in [6, 6.07) is 0. The fraction of sp³-hybridized carbons (Fsp3) is 0.333. The molecule has 0 bridgehead atoms. The summed E-state index contributed by atoms with van der Waals surface area (Å²) in [5.74, 6) is 0.453. The Balaban J connectivity index is 2.02. The number of ether oxygens (including phenoxy) is 2. The van der Waals surface area contributed by atoms with Gasteiger partial charge in [0.1, 0.15) is 31.5 Å². The summed E-state index contributed by atoms with van der Waals surface area (Å²) in [5, 5.41) is 0. The van der Waals surface area contributed by atoms with Gasteiger partial charge in [-0.3, -0.25) is 4.18 Å². The van der Waals surface area contributed by atoms with Crippen LogP contribution in [0.15, 0.2) is 36.4 Å². The summed E-state index contributed by atoms with van der Waals surface area (Å²) >= 11 is 0. The van der Waals surface area contributed by atoms with Crippen LogP contribution < -0.4 is 0 Å². The van der Waals surface area contributed by atoms with E-state index in [2.05, 4.69) is 4.18 Å². The second-order valence-electron chi connectivity index (χ2n) is 3.29. The zero-order valence-electron chi connectivity index (χ0n) is 8.62. The molecule has 16 heavy (non-hydrogen) atoms. The molecule has 0 unspecified atom stereocenters. The Kier molecular flexibility index (Phi) is 2.88. The minimum absolute atomic E-state index is 0.0999. The average Bonchev–Trinajstić information content (AvgIpc) is 2.25. The minimum atomic E-state index is -3.45. The van der Waals surface area contributed by atoms with Gasteiger partial charge in [0.25, 0.3) is 10.1 Å². The smallest absolute Gasteiger partial charge is 0.264 e. The molecule has 2 aliphatic heterocycles. The lowest BCUT2D eigenvalue weighted by Gasteiger charge is -2.27. The van der Waals surface area contributed by atoms with E-state index in [-0.39, 0.29) is 6.61 Å². The molecule has 0 saturated carbocycles. The highest BCUT2D eigenvalue weighted by Gasteiger charge is 2.18. The van der Waals surface area contributed by atoms with Gasteiger partial charge in [0, 0.05) is 12.4 Å². The van der Waals surface area contributed by atoms with E-state index in [4.69, 9.17) is 9.47 Å². The van der Waals surface area contributed by atoms with Gasteiger partial charge in [0.15, 0.2) is 0 Å². The normalized spacial score (nSPS) is 19.2. The molecular weight excluding hydrogens is 234 g/mol. The summed E-state index contributed by atoms with van der Waals surface area (Å²) in [5.41, 5.74) is 0.839. The molecule has 2 rings (SSSR count). The van der Waals surface area contributed by atoms with Gasteiger partial charge < -0.3 is 14.4 Å². The second-order valence-corrected chi connectivity index (χ2v) is 4.93. The standard InChI is InChI=1S/C9H11NO5S/c1-16(11,12)15-7-9-4-10-2-3-13-5-8(10)6-14-9/h2-5H,6-7H2,1H3. The van der Waals surface area contributed by atoms with Crippen molar-refractivity contribution < 1.29 is 22.1 Å². The molecule has 0 radical (unpaired) electrons. The van der Waals surface area contributed by atoms with Crippen molar-refractivity contribution in [1.29, 1.82) is 0 Å². The Morgan fingerprint density at radius 1 is 1.56 bits per heavy atom. The maximum Gasteiger partial charge on any atom is 0.264 e. The highest BCUT2D eigenvalue weighted by atomic mass is 32.2. The summed E-state index contributed by atoms with van der Waals surface area (Å²) in [4.78, 5) is 1.79. The maximum absolute atomic E-state index is 10.8. The van der Waals surface area contributed by atoms with Gasteiger partial charge in [-0.15, -0.1) is 0 Å². The van der Waals surface area contributed by atoms with Crippen molar-refractivity contribution in [3.8, 4) is 0 Å². The molecule has 0 atom stereocenters. The van der Waals surface area contributed by atoms with Crippen LogP contribution >= 0.6 is 0 Å². The zero-order chi connectivity index (χ0) is 11.6. The van der Waals surface area contributed by atoms with Crippen LogP contribution in [0.5, 0.6) is 0 Å². The number of nitrogens with zero attached hydrogens (tertiary/aromatic N) is 1. The third-order valence-corrected chi connectivity index (χ3v) is 2.49. The Hall–Kier alpha value is -1.47. The van der Waals surface area contributed by atoms with Crippen LogP contribution in [-0.2, 0) is 23.8 Å². The van der Waals surface area contributed by atoms with Gasteiger partial charge in [-0.05, 0) is 0 Å². The predicted octanol–water partition coefficient (Wildman–Crippen LogP) is 0.479. The van der Waals surface area contributed by atoms with E-state index in [1.165, 1.54) is 6.26 Å². The van der Waals surface area contributed by atoms with Crippen LogP contribution in [0.4, 0.5) is 0 Å². The topological polar surface area (TPSA) is 65.1 Å². The van der Waals surface area contributed by atoms with Gasteiger partial charge >= 0.3 is 0 Å². The first kappa shape index (κ1) is 11.0. The number of hydrogen-bond donors (Lipinski definition) is 0.